The van der Waals surface area contributed by atoms with Crippen LogP contribution in [0.2, 0.25) is 0 Å². The molecule has 121 valence electrons. The molecule has 2 rings (SSSR count). The number of carbonyl (C=O) groups is 2. The van der Waals surface area contributed by atoms with E-state index in [1.807, 2.05) is 0 Å². The van der Waals surface area contributed by atoms with Gasteiger partial charge in [0.25, 0.3) is 5.91 Å². The number of primary amides is 1. The highest BCUT2D eigenvalue weighted by atomic mass is 32.1. The Morgan fingerprint density at radius 3 is 2.87 bits per heavy atom. The van der Waals surface area contributed by atoms with Crippen LogP contribution in [0.5, 0.6) is 0 Å². The molecular formula is C14H14FN4O3S. The summed E-state index contributed by atoms with van der Waals surface area (Å²) in [5, 5.41) is 14.0. The Kier molecular flexibility index (Phi) is 5.61. The SMILES string of the molecule is NC(=O)c1sc(NC(=O)NCc2cccc(F)c2)nc1[CH]CO. The molecule has 0 unspecified atom stereocenters. The van der Waals surface area contributed by atoms with Crippen molar-refractivity contribution in [2.75, 3.05) is 11.9 Å². The predicted octanol–water partition coefficient (Wildman–Crippen LogP) is 1.25. The van der Waals surface area contributed by atoms with E-state index < -0.39 is 11.9 Å². The number of rotatable bonds is 6. The quantitative estimate of drug-likeness (QED) is 0.634. The number of amides is 3. The van der Waals surface area contributed by atoms with Gasteiger partial charge in [0.2, 0.25) is 0 Å². The van der Waals surface area contributed by atoms with Crippen LogP contribution in [0.15, 0.2) is 24.3 Å². The molecule has 0 bridgehead atoms. The summed E-state index contributed by atoms with van der Waals surface area (Å²) in [4.78, 5) is 27.2. The summed E-state index contributed by atoms with van der Waals surface area (Å²) in [7, 11) is 0. The minimum atomic E-state index is -0.699. The molecule has 0 aliphatic rings. The van der Waals surface area contributed by atoms with Gasteiger partial charge in [0.05, 0.1) is 12.3 Å². The molecule has 0 spiro atoms. The van der Waals surface area contributed by atoms with E-state index >= 15 is 0 Å². The molecule has 0 aliphatic heterocycles. The van der Waals surface area contributed by atoms with E-state index in [0.717, 1.165) is 11.3 Å². The third-order valence-electron chi connectivity index (χ3n) is 2.72. The zero-order chi connectivity index (χ0) is 16.8. The molecule has 1 aromatic heterocycles. The molecule has 0 saturated carbocycles. The van der Waals surface area contributed by atoms with Gasteiger partial charge in [0.1, 0.15) is 10.7 Å². The highest BCUT2D eigenvalue weighted by Crippen LogP contribution is 2.23. The van der Waals surface area contributed by atoms with Crippen molar-refractivity contribution in [1.82, 2.24) is 10.3 Å². The number of carbonyl (C=O) groups excluding carboxylic acids is 2. The Morgan fingerprint density at radius 1 is 1.43 bits per heavy atom. The first-order chi connectivity index (χ1) is 11.0. The van der Waals surface area contributed by atoms with Gasteiger partial charge in [0.15, 0.2) is 5.13 Å². The second-order valence-electron chi connectivity index (χ2n) is 4.42. The van der Waals surface area contributed by atoms with Crippen molar-refractivity contribution in [3.05, 3.63) is 52.6 Å². The summed E-state index contributed by atoms with van der Waals surface area (Å²) in [5.74, 6) is -1.09. The molecule has 23 heavy (non-hydrogen) atoms. The Bertz CT molecular complexity index is 720. The van der Waals surface area contributed by atoms with Crippen LogP contribution in [0.1, 0.15) is 20.9 Å². The van der Waals surface area contributed by atoms with E-state index in [2.05, 4.69) is 15.6 Å². The number of hydrogen-bond donors (Lipinski definition) is 4. The lowest BCUT2D eigenvalue weighted by atomic mass is 10.2. The highest BCUT2D eigenvalue weighted by Gasteiger charge is 2.16. The number of aliphatic hydroxyl groups excluding tert-OH is 1. The fraction of sp³-hybridized carbons (Fsp3) is 0.143. The predicted molar refractivity (Wildman–Crippen MR) is 83.4 cm³/mol. The summed E-state index contributed by atoms with van der Waals surface area (Å²) in [5.41, 5.74) is 6.02. The largest absolute Gasteiger partial charge is 0.396 e. The number of nitrogens with one attached hydrogen (secondary N) is 2. The maximum atomic E-state index is 13.0. The lowest BCUT2D eigenvalue weighted by Gasteiger charge is -2.05. The zero-order valence-electron chi connectivity index (χ0n) is 11.9. The second kappa shape index (κ2) is 7.65. The third-order valence-corrected chi connectivity index (χ3v) is 3.73. The number of thiazole rings is 1. The lowest BCUT2D eigenvalue weighted by Crippen LogP contribution is -2.28. The first-order valence-corrected chi connectivity index (χ1v) is 7.35. The molecular weight excluding hydrogens is 323 g/mol. The van der Waals surface area contributed by atoms with E-state index in [0.29, 0.717) is 5.56 Å². The summed E-state index contributed by atoms with van der Waals surface area (Å²) in [6.07, 6.45) is 1.31. The van der Waals surface area contributed by atoms with Crippen LogP contribution < -0.4 is 16.4 Å². The number of aromatic nitrogens is 1. The van der Waals surface area contributed by atoms with Gasteiger partial charge >= 0.3 is 6.03 Å². The van der Waals surface area contributed by atoms with Crippen LogP contribution in [-0.2, 0) is 6.54 Å². The maximum Gasteiger partial charge on any atom is 0.321 e. The molecule has 3 amide bonds. The van der Waals surface area contributed by atoms with Crippen molar-refractivity contribution < 1.29 is 19.1 Å². The van der Waals surface area contributed by atoms with E-state index in [-0.39, 0.29) is 34.7 Å². The van der Waals surface area contributed by atoms with E-state index in [1.54, 1.807) is 12.1 Å². The summed E-state index contributed by atoms with van der Waals surface area (Å²) >= 11 is 0.900. The molecule has 7 nitrogen and oxygen atoms in total. The molecule has 0 fully saturated rings. The summed E-state index contributed by atoms with van der Waals surface area (Å²) < 4.78 is 13.0. The van der Waals surface area contributed by atoms with Gasteiger partial charge < -0.3 is 16.2 Å². The number of benzene rings is 1. The fourth-order valence-corrected chi connectivity index (χ4v) is 2.57. The monoisotopic (exact) mass is 337 g/mol. The molecule has 1 aromatic carbocycles. The van der Waals surface area contributed by atoms with Crippen LogP contribution in [0.3, 0.4) is 0 Å². The van der Waals surface area contributed by atoms with Crippen LogP contribution in [0, 0.1) is 12.2 Å². The number of nitrogens with two attached hydrogens (primary N) is 1. The van der Waals surface area contributed by atoms with Crippen molar-refractivity contribution >= 4 is 28.4 Å². The third kappa shape index (κ3) is 4.73. The van der Waals surface area contributed by atoms with Crippen molar-refractivity contribution in [3.63, 3.8) is 0 Å². The second-order valence-corrected chi connectivity index (χ2v) is 5.42. The zero-order valence-corrected chi connectivity index (χ0v) is 12.7. The number of hydrogen-bond acceptors (Lipinski definition) is 5. The van der Waals surface area contributed by atoms with Crippen LogP contribution in [0.4, 0.5) is 14.3 Å². The van der Waals surface area contributed by atoms with Gasteiger partial charge in [0, 0.05) is 13.0 Å². The topological polar surface area (TPSA) is 117 Å². The Hall–Kier alpha value is -2.52. The molecule has 5 N–H and O–H groups in total. The Morgan fingerprint density at radius 2 is 2.22 bits per heavy atom. The molecule has 0 saturated heterocycles. The highest BCUT2D eigenvalue weighted by molar-refractivity contribution is 7.17. The molecule has 0 aliphatic carbocycles. The van der Waals surface area contributed by atoms with Crippen molar-refractivity contribution in [3.8, 4) is 0 Å². The van der Waals surface area contributed by atoms with Gasteiger partial charge in [-0.3, -0.25) is 10.1 Å². The summed E-state index contributed by atoms with van der Waals surface area (Å²) in [6.45, 7) is -0.178. The van der Waals surface area contributed by atoms with Crippen LogP contribution >= 0.6 is 11.3 Å². The van der Waals surface area contributed by atoms with Gasteiger partial charge in [-0.15, -0.1) is 0 Å². The molecule has 0 atom stereocenters. The molecule has 2 aromatic rings. The minimum Gasteiger partial charge on any atom is -0.396 e. The normalized spacial score (nSPS) is 10.3. The van der Waals surface area contributed by atoms with E-state index in [1.165, 1.54) is 18.6 Å². The minimum absolute atomic E-state index is 0.132. The van der Waals surface area contributed by atoms with Crippen molar-refractivity contribution in [2.45, 2.75) is 6.54 Å². The summed E-state index contributed by atoms with van der Waals surface area (Å²) in [6, 6.07) is 5.27. The van der Waals surface area contributed by atoms with Crippen molar-refractivity contribution in [1.29, 1.82) is 0 Å². The Labute approximate surface area is 135 Å². The lowest BCUT2D eigenvalue weighted by molar-refractivity contribution is 0.100. The number of urea groups is 1. The maximum absolute atomic E-state index is 13.0. The van der Waals surface area contributed by atoms with E-state index in [9.17, 15) is 14.0 Å². The number of halogens is 1. The van der Waals surface area contributed by atoms with Gasteiger partial charge in [-0.1, -0.05) is 23.5 Å². The van der Waals surface area contributed by atoms with Crippen LogP contribution in [0.25, 0.3) is 0 Å². The Balaban J connectivity index is 1.97. The average Bonchev–Trinajstić information content (AvgIpc) is 2.88. The fourth-order valence-electron chi connectivity index (χ4n) is 1.76. The first-order valence-electron chi connectivity index (χ1n) is 6.53. The first kappa shape index (κ1) is 16.8. The standard InChI is InChI=1S/C14H14FN4O3S/c15-9-3-1-2-8(6-9)7-17-13(22)19-14-18-10(4-5-20)11(23-14)12(16)21/h1-4,6,20H,5,7H2,(H2,16,21)(H2,17,18,19,22). The molecule has 1 radical (unpaired) electrons. The number of nitrogens with zero attached hydrogens (tertiary/aromatic N) is 1. The number of aliphatic hydroxyl groups is 1. The number of anilines is 1. The van der Waals surface area contributed by atoms with Crippen molar-refractivity contribution in [2.24, 2.45) is 5.73 Å². The van der Waals surface area contributed by atoms with Crippen LogP contribution in [-0.4, -0.2) is 28.6 Å². The van der Waals surface area contributed by atoms with Gasteiger partial charge in [-0.05, 0) is 17.7 Å². The average molecular weight is 337 g/mol. The molecule has 9 heteroatoms. The van der Waals surface area contributed by atoms with Gasteiger partial charge in [-0.2, -0.15) is 0 Å². The molecule has 1 heterocycles. The smallest absolute Gasteiger partial charge is 0.321 e. The van der Waals surface area contributed by atoms with E-state index in [4.69, 9.17) is 10.8 Å². The van der Waals surface area contributed by atoms with Gasteiger partial charge in [-0.25, -0.2) is 14.2 Å².